The monoisotopic (exact) mass is 286 g/mol. The van der Waals surface area contributed by atoms with Crippen molar-refractivity contribution in [2.75, 3.05) is 0 Å². The number of nitrogens with zero attached hydrogens (tertiary/aromatic N) is 2. The molecule has 0 fully saturated rings. The summed E-state index contributed by atoms with van der Waals surface area (Å²) >= 11 is 0. The number of pyridine rings is 2. The fourth-order valence-corrected chi connectivity index (χ4v) is 2.01. The van der Waals surface area contributed by atoms with Crippen LogP contribution in [0.4, 0.5) is 0 Å². The predicted octanol–water partition coefficient (Wildman–Crippen LogP) is 1.76. The lowest BCUT2D eigenvalue weighted by molar-refractivity contribution is -0.119. The van der Waals surface area contributed by atoms with E-state index in [2.05, 4.69) is 4.98 Å². The third-order valence-electron chi connectivity index (χ3n) is 3.25. The Kier molecular flexibility index (Phi) is 3.98. The fraction of sp³-hybridized carbons (Fsp3) is 0.200. The van der Waals surface area contributed by atoms with Crippen molar-refractivity contribution in [2.24, 2.45) is 0 Å². The van der Waals surface area contributed by atoms with Gasteiger partial charge in [-0.1, -0.05) is 6.07 Å². The second kappa shape index (κ2) is 5.70. The summed E-state index contributed by atoms with van der Waals surface area (Å²) in [7, 11) is 0. The number of carboxylic acid groups (broad SMARTS) is 1. The van der Waals surface area contributed by atoms with Crippen molar-refractivity contribution in [3.63, 3.8) is 0 Å². The Hall–Kier alpha value is -2.76. The van der Waals surface area contributed by atoms with Crippen LogP contribution in [0.3, 0.4) is 0 Å². The molecule has 1 atom stereocenters. The second-order valence-corrected chi connectivity index (χ2v) is 4.61. The maximum absolute atomic E-state index is 12.4. The van der Waals surface area contributed by atoms with Crippen molar-refractivity contribution >= 4 is 11.8 Å². The van der Waals surface area contributed by atoms with Gasteiger partial charge in [-0.25, -0.2) is 4.79 Å². The molecule has 2 heterocycles. The maximum atomic E-state index is 12.4. The van der Waals surface area contributed by atoms with Crippen molar-refractivity contribution in [1.82, 2.24) is 9.55 Å². The predicted molar refractivity (Wildman–Crippen MR) is 76.3 cm³/mol. The van der Waals surface area contributed by atoms with E-state index in [1.54, 1.807) is 31.3 Å². The molecule has 0 radical (unpaired) electrons. The van der Waals surface area contributed by atoms with Crippen LogP contribution in [0.2, 0.25) is 0 Å². The molecular formula is C15H14N2O4. The number of ketones is 1. The van der Waals surface area contributed by atoms with Gasteiger partial charge in [0.15, 0.2) is 5.78 Å². The van der Waals surface area contributed by atoms with E-state index in [0.29, 0.717) is 11.4 Å². The van der Waals surface area contributed by atoms with E-state index >= 15 is 0 Å². The van der Waals surface area contributed by atoms with Crippen molar-refractivity contribution in [3.8, 4) is 11.4 Å². The van der Waals surface area contributed by atoms with Crippen LogP contribution in [0.25, 0.3) is 11.4 Å². The van der Waals surface area contributed by atoms with Gasteiger partial charge in [0.25, 0.3) is 5.56 Å². The molecule has 0 aliphatic heterocycles. The van der Waals surface area contributed by atoms with Gasteiger partial charge < -0.3 is 5.11 Å². The standard InChI is InChI=1S/C15H14N2O4/c1-9(10(2)18)17-13(12-5-3-4-8-16-12)7-6-11(14(17)19)15(20)21/h3-9H,1-2H3,(H,20,21). The number of aromatic nitrogens is 2. The van der Waals surface area contributed by atoms with Gasteiger partial charge in [-0.15, -0.1) is 0 Å². The number of carbonyl (C=O) groups excluding carboxylic acids is 1. The molecule has 2 aromatic heterocycles. The molecule has 1 N–H and O–H groups in total. The number of Topliss-reactive ketones (excluding diaryl/α,β-unsaturated/α-hetero) is 1. The molecule has 0 aliphatic carbocycles. The smallest absolute Gasteiger partial charge is 0.341 e. The van der Waals surface area contributed by atoms with Crippen LogP contribution in [0, 0.1) is 0 Å². The summed E-state index contributed by atoms with van der Waals surface area (Å²) in [4.78, 5) is 39.2. The van der Waals surface area contributed by atoms with Gasteiger partial charge in [0.05, 0.1) is 17.4 Å². The first kappa shape index (κ1) is 14.6. The minimum absolute atomic E-state index is 0.239. The van der Waals surface area contributed by atoms with E-state index in [1.165, 1.54) is 23.6 Å². The molecule has 2 aromatic rings. The molecule has 0 spiro atoms. The first-order valence-electron chi connectivity index (χ1n) is 6.34. The van der Waals surface area contributed by atoms with Crippen LogP contribution in [-0.4, -0.2) is 26.4 Å². The zero-order valence-corrected chi connectivity index (χ0v) is 11.6. The molecule has 0 amide bonds. The maximum Gasteiger partial charge on any atom is 0.341 e. The second-order valence-electron chi connectivity index (χ2n) is 4.61. The number of carbonyl (C=O) groups is 2. The summed E-state index contributed by atoms with van der Waals surface area (Å²) in [6.45, 7) is 2.91. The van der Waals surface area contributed by atoms with Gasteiger partial charge in [0, 0.05) is 6.20 Å². The van der Waals surface area contributed by atoms with Gasteiger partial charge in [0.2, 0.25) is 0 Å². The van der Waals surface area contributed by atoms with E-state index in [-0.39, 0.29) is 11.3 Å². The lowest BCUT2D eigenvalue weighted by atomic mass is 10.1. The van der Waals surface area contributed by atoms with Crippen LogP contribution >= 0.6 is 0 Å². The molecule has 0 saturated carbocycles. The Bertz CT molecular complexity index is 750. The molecule has 0 aromatic carbocycles. The topological polar surface area (TPSA) is 89.3 Å². The van der Waals surface area contributed by atoms with Crippen molar-refractivity contribution in [3.05, 3.63) is 52.4 Å². The van der Waals surface area contributed by atoms with Crippen LogP contribution < -0.4 is 5.56 Å². The Morgan fingerprint density at radius 2 is 1.95 bits per heavy atom. The molecule has 6 nitrogen and oxygen atoms in total. The van der Waals surface area contributed by atoms with Crippen LogP contribution in [0.1, 0.15) is 30.2 Å². The summed E-state index contributed by atoms with van der Waals surface area (Å²) in [6.07, 6.45) is 1.56. The average Bonchev–Trinajstić information content (AvgIpc) is 2.46. The molecule has 6 heteroatoms. The van der Waals surface area contributed by atoms with E-state index in [0.717, 1.165) is 0 Å². The molecule has 0 bridgehead atoms. The highest BCUT2D eigenvalue weighted by Gasteiger charge is 2.21. The van der Waals surface area contributed by atoms with Gasteiger partial charge >= 0.3 is 5.97 Å². The molecule has 21 heavy (non-hydrogen) atoms. The van der Waals surface area contributed by atoms with Crippen LogP contribution in [0.5, 0.6) is 0 Å². The molecule has 108 valence electrons. The van der Waals surface area contributed by atoms with E-state index < -0.39 is 17.6 Å². The summed E-state index contributed by atoms with van der Waals surface area (Å²) in [6, 6.07) is 7.13. The Morgan fingerprint density at radius 1 is 1.24 bits per heavy atom. The quantitative estimate of drug-likeness (QED) is 0.925. The number of hydrogen-bond acceptors (Lipinski definition) is 4. The highest BCUT2D eigenvalue weighted by atomic mass is 16.4. The number of hydrogen-bond donors (Lipinski definition) is 1. The van der Waals surface area contributed by atoms with Crippen molar-refractivity contribution in [2.45, 2.75) is 19.9 Å². The van der Waals surface area contributed by atoms with Gasteiger partial charge in [-0.3, -0.25) is 19.1 Å². The van der Waals surface area contributed by atoms with Crippen molar-refractivity contribution < 1.29 is 14.7 Å². The molecule has 0 aliphatic rings. The van der Waals surface area contributed by atoms with E-state index in [9.17, 15) is 14.4 Å². The average molecular weight is 286 g/mol. The zero-order chi connectivity index (χ0) is 15.6. The van der Waals surface area contributed by atoms with Crippen LogP contribution in [0.15, 0.2) is 41.3 Å². The van der Waals surface area contributed by atoms with E-state index in [1.807, 2.05) is 0 Å². The normalized spacial score (nSPS) is 11.9. The van der Waals surface area contributed by atoms with Crippen LogP contribution in [-0.2, 0) is 4.79 Å². The molecular weight excluding hydrogens is 272 g/mol. The molecule has 1 unspecified atom stereocenters. The highest BCUT2D eigenvalue weighted by Crippen LogP contribution is 2.19. The van der Waals surface area contributed by atoms with Gasteiger partial charge in [-0.2, -0.15) is 0 Å². The fourth-order valence-electron chi connectivity index (χ4n) is 2.01. The number of rotatable bonds is 4. The third kappa shape index (κ3) is 2.74. The highest BCUT2D eigenvalue weighted by molar-refractivity contribution is 5.88. The first-order valence-corrected chi connectivity index (χ1v) is 6.34. The summed E-state index contributed by atoms with van der Waals surface area (Å²) in [5.74, 6) is -1.56. The van der Waals surface area contributed by atoms with Crippen molar-refractivity contribution in [1.29, 1.82) is 0 Å². The summed E-state index contributed by atoms with van der Waals surface area (Å²) < 4.78 is 1.17. The lowest BCUT2D eigenvalue weighted by Crippen LogP contribution is -2.32. The SMILES string of the molecule is CC(=O)C(C)n1c(-c2ccccn2)ccc(C(=O)O)c1=O. The zero-order valence-electron chi connectivity index (χ0n) is 11.6. The Morgan fingerprint density at radius 3 is 2.48 bits per heavy atom. The third-order valence-corrected chi connectivity index (χ3v) is 3.25. The summed E-state index contributed by atoms with van der Waals surface area (Å²) in [5, 5.41) is 9.06. The minimum atomic E-state index is -1.32. The number of carboxylic acids is 1. The Balaban J connectivity index is 2.78. The molecule has 2 rings (SSSR count). The van der Waals surface area contributed by atoms with E-state index in [4.69, 9.17) is 5.11 Å². The summed E-state index contributed by atoms with van der Waals surface area (Å²) in [5.41, 5.74) is -0.177. The first-order chi connectivity index (χ1) is 9.93. The molecule has 0 saturated heterocycles. The minimum Gasteiger partial charge on any atom is -0.477 e. The largest absolute Gasteiger partial charge is 0.477 e. The Labute approximate surface area is 120 Å². The van der Waals surface area contributed by atoms with Gasteiger partial charge in [-0.05, 0) is 38.1 Å². The number of aromatic carboxylic acids is 1. The lowest BCUT2D eigenvalue weighted by Gasteiger charge is -2.17. The van der Waals surface area contributed by atoms with Gasteiger partial charge in [0.1, 0.15) is 5.56 Å².